The highest BCUT2D eigenvalue weighted by Gasteiger charge is 2.36. The molecule has 36 heavy (non-hydrogen) atoms. The largest absolute Gasteiger partial charge is 0.506 e. The number of phenols is 3. The molecule has 0 saturated heterocycles. The predicted molar refractivity (Wildman–Crippen MR) is 140 cm³/mol. The predicted octanol–water partition coefficient (Wildman–Crippen LogP) is 6.93. The molecule has 2 aliphatic heterocycles. The van der Waals surface area contributed by atoms with Gasteiger partial charge in [0.05, 0.1) is 12.0 Å². The Morgan fingerprint density at radius 2 is 1.83 bits per heavy atom. The average Bonchev–Trinajstić information content (AvgIpc) is 2.78. The van der Waals surface area contributed by atoms with Gasteiger partial charge in [-0.2, -0.15) is 0 Å². The Morgan fingerprint density at radius 3 is 2.56 bits per heavy atom. The van der Waals surface area contributed by atoms with E-state index >= 15 is 0 Å². The van der Waals surface area contributed by atoms with Gasteiger partial charge in [-0.25, -0.2) is 0 Å². The summed E-state index contributed by atoms with van der Waals surface area (Å²) in [6.45, 7) is 9.98. The number of carbonyl (C=O) groups excluding carboxylic acids is 1. The monoisotopic (exact) mass is 490 g/mol. The molecule has 0 bridgehead atoms. The summed E-state index contributed by atoms with van der Waals surface area (Å²) in [5.74, 6) is -0.165. The van der Waals surface area contributed by atoms with Crippen molar-refractivity contribution in [2.45, 2.75) is 72.0 Å². The Hall–Kier alpha value is -3.67. The highest BCUT2D eigenvalue weighted by atomic mass is 16.5. The third-order valence-corrected chi connectivity index (χ3v) is 6.60. The van der Waals surface area contributed by atoms with E-state index in [1.54, 1.807) is 18.2 Å². The van der Waals surface area contributed by atoms with Crippen molar-refractivity contribution in [2.75, 3.05) is 0 Å². The molecule has 190 valence electrons. The first-order valence-electron chi connectivity index (χ1n) is 12.3. The van der Waals surface area contributed by atoms with Crippen LogP contribution in [0.15, 0.2) is 47.6 Å². The first kappa shape index (κ1) is 25.4. The summed E-state index contributed by atoms with van der Waals surface area (Å²) in [7, 11) is 0. The van der Waals surface area contributed by atoms with Crippen LogP contribution in [0.3, 0.4) is 0 Å². The van der Waals surface area contributed by atoms with Gasteiger partial charge in [-0.1, -0.05) is 29.4 Å². The lowest BCUT2D eigenvalue weighted by Gasteiger charge is -2.32. The van der Waals surface area contributed by atoms with Crippen molar-refractivity contribution in [3.8, 4) is 28.7 Å². The van der Waals surface area contributed by atoms with Gasteiger partial charge >= 0.3 is 0 Å². The smallest absolute Gasteiger partial charge is 0.174 e. The average molecular weight is 491 g/mol. The molecular weight excluding hydrogens is 456 g/mol. The van der Waals surface area contributed by atoms with E-state index in [0.29, 0.717) is 28.9 Å². The molecule has 0 unspecified atom stereocenters. The second-order valence-corrected chi connectivity index (χ2v) is 10.4. The molecule has 2 aliphatic rings. The van der Waals surface area contributed by atoms with Gasteiger partial charge in [0.1, 0.15) is 34.5 Å². The number of aromatic hydroxyl groups is 3. The Kier molecular flexibility index (Phi) is 6.90. The van der Waals surface area contributed by atoms with Crippen LogP contribution in [0, 0.1) is 0 Å². The van der Waals surface area contributed by atoms with Gasteiger partial charge in [0.2, 0.25) is 0 Å². The molecule has 3 N–H and O–H groups in total. The van der Waals surface area contributed by atoms with E-state index in [2.05, 4.69) is 19.9 Å². The third kappa shape index (κ3) is 5.13. The van der Waals surface area contributed by atoms with E-state index in [9.17, 15) is 20.1 Å². The number of Topliss-reactive ketones (excluding diaryl/α,β-unsaturated/α-hetero) is 1. The fourth-order valence-corrected chi connectivity index (χ4v) is 4.61. The minimum atomic E-state index is -0.685. The molecule has 6 nitrogen and oxygen atoms in total. The number of ketones is 1. The zero-order chi connectivity index (χ0) is 26.2. The van der Waals surface area contributed by atoms with Crippen LogP contribution in [-0.2, 0) is 6.42 Å². The van der Waals surface area contributed by atoms with Crippen molar-refractivity contribution < 1.29 is 29.6 Å². The third-order valence-electron chi connectivity index (χ3n) is 6.60. The Bertz CT molecular complexity index is 1290. The van der Waals surface area contributed by atoms with Crippen LogP contribution in [0.5, 0.6) is 28.7 Å². The lowest BCUT2D eigenvalue weighted by molar-refractivity contribution is 0.0841. The van der Waals surface area contributed by atoms with Crippen molar-refractivity contribution >= 4 is 11.9 Å². The Labute approximate surface area is 212 Å². The van der Waals surface area contributed by atoms with Crippen LogP contribution >= 0.6 is 0 Å². The molecule has 0 fully saturated rings. The SMILES string of the molecule is CC(C)=CCCC(C)=CCc1c([C@@H]2CC(=O)c3c(cc4c(c3O)C=CC(C)(C)O4)O2)ccc(O)c1O. The maximum absolute atomic E-state index is 13.2. The van der Waals surface area contributed by atoms with E-state index in [1.165, 1.54) is 11.6 Å². The zero-order valence-corrected chi connectivity index (χ0v) is 21.5. The van der Waals surface area contributed by atoms with Crippen molar-refractivity contribution in [1.82, 2.24) is 0 Å². The van der Waals surface area contributed by atoms with Crippen molar-refractivity contribution in [1.29, 1.82) is 0 Å². The lowest BCUT2D eigenvalue weighted by Crippen LogP contribution is -2.28. The second kappa shape index (κ2) is 9.76. The molecule has 0 aliphatic carbocycles. The van der Waals surface area contributed by atoms with Crippen LogP contribution in [0.4, 0.5) is 0 Å². The molecule has 0 spiro atoms. The van der Waals surface area contributed by atoms with Crippen LogP contribution in [0.2, 0.25) is 0 Å². The number of benzene rings is 2. The summed E-state index contributed by atoms with van der Waals surface area (Å²) in [4.78, 5) is 13.2. The molecule has 0 saturated carbocycles. The van der Waals surface area contributed by atoms with Gasteiger partial charge in [-0.05, 0) is 72.1 Å². The molecular formula is C30H34O6. The summed E-state index contributed by atoms with van der Waals surface area (Å²) in [6, 6.07) is 4.73. The fourth-order valence-electron chi connectivity index (χ4n) is 4.61. The van der Waals surface area contributed by atoms with Crippen molar-refractivity contribution in [3.05, 3.63) is 69.8 Å². The number of hydrogen-bond acceptors (Lipinski definition) is 6. The van der Waals surface area contributed by atoms with Crippen LogP contribution < -0.4 is 9.47 Å². The van der Waals surface area contributed by atoms with Crippen molar-refractivity contribution in [2.24, 2.45) is 0 Å². The molecule has 2 aromatic rings. The summed E-state index contributed by atoms with van der Waals surface area (Å²) in [5, 5.41) is 31.7. The number of allylic oxidation sites excluding steroid dienone is 4. The van der Waals surface area contributed by atoms with Crippen LogP contribution in [0.1, 0.15) is 87.0 Å². The maximum Gasteiger partial charge on any atom is 0.174 e. The minimum Gasteiger partial charge on any atom is -0.506 e. The normalized spacial score (nSPS) is 18.1. The number of phenolic OH excluding ortho intramolecular Hbond substituents is 3. The zero-order valence-electron chi connectivity index (χ0n) is 21.5. The lowest BCUT2D eigenvalue weighted by atomic mass is 9.89. The van der Waals surface area contributed by atoms with Gasteiger partial charge < -0.3 is 24.8 Å². The van der Waals surface area contributed by atoms with Crippen molar-refractivity contribution in [3.63, 3.8) is 0 Å². The van der Waals surface area contributed by atoms with E-state index in [0.717, 1.165) is 18.4 Å². The highest BCUT2D eigenvalue weighted by Crippen LogP contribution is 2.48. The Balaban J connectivity index is 1.67. The molecule has 0 radical (unpaired) electrons. The van der Waals surface area contributed by atoms with E-state index in [1.807, 2.05) is 32.9 Å². The van der Waals surface area contributed by atoms with E-state index < -0.39 is 11.7 Å². The summed E-state index contributed by atoms with van der Waals surface area (Å²) in [5.41, 5.74) is 3.61. The van der Waals surface area contributed by atoms with E-state index in [4.69, 9.17) is 9.47 Å². The number of fused-ring (bicyclic) bond motifs is 2. The minimum absolute atomic E-state index is 0.00407. The maximum atomic E-state index is 13.2. The summed E-state index contributed by atoms with van der Waals surface area (Å²) >= 11 is 0. The van der Waals surface area contributed by atoms with Gasteiger partial charge in [0, 0.05) is 17.2 Å². The molecule has 0 amide bonds. The standard InChI is InChI=1S/C30H34O6/c1-17(2)7-6-8-18(3)9-10-20-19(11-12-22(31)28(20)33)24-15-23(32)27-26(35-24)16-25-21(29(27)34)13-14-30(4,5)36-25/h7,9,11-14,16,24,31,33-34H,6,8,10,15H2,1-5H3/t24-/m0/s1. The summed E-state index contributed by atoms with van der Waals surface area (Å²) < 4.78 is 12.2. The summed E-state index contributed by atoms with van der Waals surface area (Å²) in [6.07, 6.45) is 9.32. The molecule has 6 heteroatoms. The number of hydrogen-bond donors (Lipinski definition) is 3. The Morgan fingerprint density at radius 1 is 1.08 bits per heavy atom. The topological polar surface area (TPSA) is 96.2 Å². The van der Waals surface area contributed by atoms with Gasteiger partial charge in [-0.3, -0.25) is 4.79 Å². The molecule has 0 aromatic heterocycles. The number of carbonyl (C=O) groups is 1. The number of rotatable bonds is 6. The first-order chi connectivity index (χ1) is 17.0. The van der Waals surface area contributed by atoms with Gasteiger partial charge in [-0.15, -0.1) is 0 Å². The second-order valence-electron chi connectivity index (χ2n) is 10.4. The molecule has 4 rings (SSSR count). The quantitative estimate of drug-likeness (QED) is 0.300. The first-order valence-corrected chi connectivity index (χ1v) is 12.3. The van der Waals surface area contributed by atoms with E-state index in [-0.39, 0.29) is 40.8 Å². The van der Waals surface area contributed by atoms with Crippen LogP contribution in [-0.4, -0.2) is 26.7 Å². The molecule has 1 atom stereocenters. The van der Waals surface area contributed by atoms with Gasteiger partial charge in [0.15, 0.2) is 17.3 Å². The molecule has 2 heterocycles. The highest BCUT2D eigenvalue weighted by molar-refractivity contribution is 6.04. The van der Waals surface area contributed by atoms with Gasteiger partial charge in [0.25, 0.3) is 0 Å². The van der Waals surface area contributed by atoms with Crippen LogP contribution in [0.25, 0.3) is 6.08 Å². The number of ether oxygens (including phenoxy) is 2. The molecule has 2 aromatic carbocycles. The fraction of sp³-hybridized carbons (Fsp3) is 0.367.